The molecule has 0 bridgehead atoms. The van der Waals surface area contributed by atoms with Crippen LogP contribution in [0.5, 0.6) is 0 Å². The van der Waals surface area contributed by atoms with E-state index in [-0.39, 0.29) is 17.1 Å². The molecule has 1 aliphatic heterocycles. The van der Waals surface area contributed by atoms with Crippen LogP contribution >= 0.6 is 11.8 Å². The summed E-state index contributed by atoms with van der Waals surface area (Å²) in [6.45, 7) is 4.76. The predicted molar refractivity (Wildman–Crippen MR) is 62.9 cm³/mol. The molecule has 86 valence electrons. The lowest BCUT2D eigenvalue weighted by Crippen LogP contribution is -2.36. The number of hydrogen-bond donors (Lipinski definition) is 0. The van der Waals surface area contributed by atoms with E-state index >= 15 is 0 Å². The van der Waals surface area contributed by atoms with Gasteiger partial charge >= 0.3 is 0 Å². The molecule has 0 saturated carbocycles. The van der Waals surface area contributed by atoms with Crippen LogP contribution in [-0.2, 0) is 4.79 Å². The molecular weight excluding hydrogens is 210 g/mol. The molecule has 1 aliphatic rings. The van der Waals surface area contributed by atoms with Gasteiger partial charge in [0.15, 0.2) is 0 Å². The van der Waals surface area contributed by atoms with Crippen LogP contribution in [0.4, 0.5) is 4.79 Å². The summed E-state index contributed by atoms with van der Waals surface area (Å²) >= 11 is 1.25. The van der Waals surface area contributed by atoms with E-state index in [9.17, 15) is 9.59 Å². The van der Waals surface area contributed by atoms with Gasteiger partial charge in [0.1, 0.15) is 0 Å². The summed E-state index contributed by atoms with van der Waals surface area (Å²) in [4.78, 5) is 24.9. The minimum Gasteiger partial charge on any atom is -0.274 e. The standard InChI is InChI=1S/C11H19NO2S/c1-3-5-9(6-4-2)10(13)12-7-8-15-11(12)14/h9H,3-8H2,1-2H3. The van der Waals surface area contributed by atoms with E-state index in [2.05, 4.69) is 13.8 Å². The highest BCUT2D eigenvalue weighted by atomic mass is 32.2. The minimum atomic E-state index is -0.0581. The molecule has 1 saturated heterocycles. The maximum atomic E-state index is 12.0. The van der Waals surface area contributed by atoms with Gasteiger partial charge in [-0.25, -0.2) is 0 Å². The summed E-state index contributed by atoms with van der Waals surface area (Å²) in [5.74, 6) is 0.867. The summed E-state index contributed by atoms with van der Waals surface area (Å²) in [5.41, 5.74) is 0. The molecule has 15 heavy (non-hydrogen) atoms. The average Bonchev–Trinajstić information content (AvgIpc) is 2.63. The van der Waals surface area contributed by atoms with E-state index in [1.165, 1.54) is 16.7 Å². The van der Waals surface area contributed by atoms with Gasteiger partial charge in [0.05, 0.1) is 0 Å². The van der Waals surface area contributed by atoms with E-state index in [0.29, 0.717) is 6.54 Å². The Kier molecular flexibility index (Phi) is 5.15. The molecule has 0 aromatic heterocycles. The van der Waals surface area contributed by atoms with Gasteiger partial charge < -0.3 is 0 Å². The van der Waals surface area contributed by atoms with Crippen molar-refractivity contribution in [3.63, 3.8) is 0 Å². The van der Waals surface area contributed by atoms with Crippen LogP contribution in [0.25, 0.3) is 0 Å². The van der Waals surface area contributed by atoms with Gasteiger partial charge in [0, 0.05) is 18.2 Å². The van der Waals surface area contributed by atoms with Crippen molar-refractivity contribution in [2.75, 3.05) is 12.3 Å². The number of thioether (sulfide) groups is 1. The fourth-order valence-corrected chi connectivity index (χ4v) is 2.69. The average molecular weight is 229 g/mol. The van der Waals surface area contributed by atoms with E-state index in [1.807, 2.05) is 0 Å². The van der Waals surface area contributed by atoms with E-state index in [1.54, 1.807) is 0 Å². The van der Waals surface area contributed by atoms with Gasteiger partial charge in [0.25, 0.3) is 5.24 Å². The molecule has 0 aromatic rings. The van der Waals surface area contributed by atoms with Crippen LogP contribution in [0, 0.1) is 5.92 Å². The number of hydrogen-bond acceptors (Lipinski definition) is 3. The molecule has 0 spiro atoms. The smallest absolute Gasteiger partial charge is 0.274 e. The van der Waals surface area contributed by atoms with Gasteiger partial charge in [-0.05, 0) is 12.8 Å². The Morgan fingerprint density at radius 3 is 2.40 bits per heavy atom. The van der Waals surface area contributed by atoms with Crippen LogP contribution in [0.2, 0.25) is 0 Å². The fourth-order valence-electron chi connectivity index (χ4n) is 1.90. The quantitative estimate of drug-likeness (QED) is 0.727. The molecular formula is C11H19NO2S. The number of rotatable bonds is 5. The molecule has 0 N–H and O–H groups in total. The van der Waals surface area contributed by atoms with E-state index < -0.39 is 0 Å². The Hall–Kier alpha value is -0.510. The zero-order valence-electron chi connectivity index (χ0n) is 9.49. The lowest BCUT2D eigenvalue weighted by Gasteiger charge is -2.20. The van der Waals surface area contributed by atoms with Crippen molar-refractivity contribution in [3.8, 4) is 0 Å². The molecule has 0 atom stereocenters. The number of imide groups is 1. The van der Waals surface area contributed by atoms with Gasteiger partial charge in [-0.3, -0.25) is 14.5 Å². The molecule has 0 aliphatic carbocycles. The Morgan fingerprint density at radius 1 is 1.40 bits per heavy atom. The monoisotopic (exact) mass is 229 g/mol. The van der Waals surface area contributed by atoms with Crippen LogP contribution < -0.4 is 0 Å². The van der Waals surface area contributed by atoms with Crippen LogP contribution in [-0.4, -0.2) is 28.3 Å². The molecule has 1 heterocycles. The van der Waals surface area contributed by atoms with Gasteiger partial charge in [-0.15, -0.1) is 0 Å². The van der Waals surface area contributed by atoms with Crippen molar-refractivity contribution in [1.82, 2.24) is 4.90 Å². The number of carbonyl (C=O) groups excluding carboxylic acids is 2. The third-order valence-corrected chi connectivity index (χ3v) is 3.50. The van der Waals surface area contributed by atoms with Gasteiger partial charge in [0.2, 0.25) is 5.91 Å². The van der Waals surface area contributed by atoms with Crippen molar-refractivity contribution < 1.29 is 9.59 Å². The third kappa shape index (κ3) is 3.23. The highest BCUT2D eigenvalue weighted by Crippen LogP contribution is 2.23. The maximum absolute atomic E-state index is 12.0. The molecule has 1 fully saturated rings. The molecule has 2 amide bonds. The zero-order chi connectivity index (χ0) is 11.3. The predicted octanol–water partition coefficient (Wildman–Crippen LogP) is 2.90. The summed E-state index contributed by atoms with van der Waals surface area (Å²) < 4.78 is 0. The normalized spacial score (nSPS) is 16.5. The second kappa shape index (κ2) is 6.16. The molecule has 4 heteroatoms. The van der Waals surface area contributed by atoms with Crippen LogP contribution in [0.3, 0.4) is 0 Å². The first-order valence-electron chi connectivity index (χ1n) is 5.68. The number of carbonyl (C=O) groups is 2. The first kappa shape index (κ1) is 12.6. The lowest BCUT2D eigenvalue weighted by atomic mass is 9.97. The minimum absolute atomic E-state index is 0.0497. The molecule has 0 aromatic carbocycles. The Bertz CT molecular complexity index is 237. The molecule has 0 unspecified atom stereocenters. The van der Waals surface area contributed by atoms with Crippen LogP contribution in [0.1, 0.15) is 39.5 Å². The Morgan fingerprint density at radius 2 is 2.00 bits per heavy atom. The SMILES string of the molecule is CCCC(CCC)C(=O)N1CCSC1=O. The summed E-state index contributed by atoms with van der Waals surface area (Å²) in [5, 5.41) is -0.0581. The summed E-state index contributed by atoms with van der Waals surface area (Å²) in [6.07, 6.45) is 3.82. The molecule has 1 rings (SSSR count). The Balaban J connectivity index is 2.57. The molecule has 3 nitrogen and oxygen atoms in total. The first-order chi connectivity index (χ1) is 7.20. The highest BCUT2D eigenvalue weighted by molar-refractivity contribution is 8.13. The highest BCUT2D eigenvalue weighted by Gasteiger charge is 2.31. The van der Waals surface area contributed by atoms with E-state index in [4.69, 9.17) is 0 Å². The summed E-state index contributed by atoms with van der Waals surface area (Å²) in [6, 6.07) is 0. The van der Waals surface area contributed by atoms with E-state index in [0.717, 1.165) is 31.4 Å². The van der Waals surface area contributed by atoms with Crippen molar-refractivity contribution in [3.05, 3.63) is 0 Å². The van der Waals surface area contributed by atoms with Crippen molar-refractivity contribution in [2.24, 2.45) is 5.92 Å². The van der Waals surface area contributed by atoms with Gasteiger partial charge in [-0.2, -0.15) is 0 Å². The number of amides is 2. The lowest BCUT2D eigenvalue weighted by molar-refractivity contribution is -0.132. The third-order valence-electron chi connectivity index (χ3n) is 2.65. The zero-order valence-corrected chi connectivity index (χ0v) is 10.3. The summed E-state index contributed by atoms with van der Waals surface area (Å²) in [7, 11) is 0. The van der Waals surface area contributed by atoms with Gasteiger partial charge in [-0.1, -0.05) is 38.5 Å². The Labute approximate surface area is 95.6 Å². The fraction of sp³-hybridized carbons (Fsp3) is 0.818. The largest absolute Gasteiger partial charge is 0.288 e. The van der Waals surface area contributed by atoms with Crippen LogP contribution in [0.15, 0.2) is 0 Å². The van der Waals surface area contributed by atoms with Crippen molar-refractivity contribution in [2.45, 2.75) is 39.5 Å². The topological polar surface area (TPSA) is 37.4 Å². The second-order valence-electron chi connectivity index (χ2n) is 3.88. The van der Waals surface area contributed by atoms with Crippen molar-refractivity contribution >= 4 is 22.9 Å². The maximum Gasteiger partial charge on any atom is 0.288 e. The second-order valence-corrected chi connectivity index (χ2v) is 4.92. The first-order valence-corrected chi connectivity index (χ1v) is 6.67. The van der Waals surface area contributed by atoms with Crippen molar-refractivity contribution in [1.29, 1.82) is 0 Å². The number of nitrogens with zero attached hydrogens (tertiary/aromatic N) is 1. The molecule has 0 radical (unpaired) electrons.